The van der Waals surface area contributed by atoms with Crippen LogP contribution in [0.3, 0.4) is 0 Å². The van der Waals surface area contributed by atoms with Gasteiger partial charge in [-0.2, -0.15) is 0 Å². The molecule has 0 saturated heterocycles. The van der Waals surface area contributed by atoms with Crippen LogP contribution >= 0.6 is 15.9 Å². The van der Waals surface area contributed by atoms with Gasteiger partial charge >= 0.3 is 5.97 Å². The van der Waals surface area contributed by atoms with Gasteiger partial charge in [-0.05, 0) is 54.5 Å². The average molecular weight is 345 g/mol. The van der Waals surface area contributed by atoms with Crippen LogP contribution in [0.2, 0.25) is 0 Å². The number of aryl methyl sites for hydroxylation is 1. The zero-order valence-electron chi connectivity index (χ0n) is 11.7. The zero-order valence-corrected chi connectivity index (χ0v) is 13.3. The summed E-state index contributed by atoms with van der Waals surface area (Å²) >= 11 is 3.42. The van der Waals surface area contributed by atoms with E-state index in [1.807, 2.05) is 42.5 Å². The highest BCUT2D eigenvalue weighted by Gasteiger charge is 2.43. The van der Waals surface area contributed by atoms with Crippen LogP contribution in [0.15, 0.2) is 53.0 Å². The van der Waals surface area contributed by atoms with Crippen LogP contribution in [0.4, 0.5) is 0 Å². The van der Waals surface area contributed by atoms with Gasteiger partial charge in [-0.3, -0.25) is 4.79 Å². The minimum absolute atomic E-state index is 0.548. The lowest BCUT2D eigenvalue weighted by molar-refractivity contribution is -0.144. The molecule has 108 valence electrons. The summed E-state index contributed by atoms with van der Waals surface area (Å²) in [6, 6.07) is 16.0. The Morgan fingerprint density at radius 3 is 2.57 bits per heavy atom. The highest BCUT2D eigenvalue weighted by molar-refractivity contribution is 9.10. The molecule has 3 heteroatoms. The average Bonchev–Trinajstić information content (AvgIpc) is 2.50. The van der Waals surface area contributed by atoms with Gasteiger partial charge in [0, 0.05) is 4.47 Å². The van der Waals surface area contributed by atoms with Crippen molar-refractivity contribution in [2.75, 3.05) is 0 Å². The summed E-state index contributed by atoms with van der Waals surface area (Å²) in [5.41, 5.74) is 2.45. The molecule has 0 aromatic heterocycles. The summed E-state index contributed by atoms with van der Waals surface area (Å²) in [6.07, 6.45) is 3.16. The fourth-order valence-corrected chi connectivity index (χ4v) is 3.62. The summed E-state index contributed by atoms with van der Waals surface area (Å²) in [5.74, 6) is -0.711. The second kappa shape index (κ2) is 5.64. The van der Waals surface area contributed by atoms with Gasteiger partial charge in [0.05, 0.1) is 5.41 Å². The summed E-state index contributed by atoms with van der Waals surface area (Å²) in [6.45, 7) is 0. The Morgan fingerprint density at radius 2 is 1.86 bits per heavy atom. The van der Waals surface area contributed by atoms with Crippen molar-refractivity contribution in [3.8, 4) is 0 Å². The largest absolute Gasteiger partial charge is 0.481 e. The summed E-state index contributed by atoms with van der Waals surface area (Å²) in [5, 5.41) is 9.94. The Balaban J connectivity index is 2.05. The molecule has 1 aliphatic rings. The molecule has 2 nitrogen and oxygen atoms in total. The SMILES string of the molecule is O=C(O)C1(Cc2ccc(Br)cc2)CCCc2ccccc21. The van der Waals surface area contributed by atoms with E-state index in [4.69, 9.17) is 0 Å². The van der Waals surface area contributed by atoms with E-state index in [2.05, 4.69) is 22.0 Å². The predicted molar refractivity (Wildman–Crippen MR) is 86.5 cm³/mol. The molecule has 1 aliphatic carbocycles. The molecule has 0 heterocycles. The third-order valence-corrected chi connectivity index (χ3v) is 4.94. The van der Waals surface area contributed by atoms with Crippen LogP contribution in [0.25, 0.3) is 0 Å². The monoisotopic (exact) mass is 344 g/mol. The molecule has 0 amide bonds. The molecule has 0 fully saturated rings. The number of hydrogen-bond donors (Lipinski definition) is 1. The molecule has 0 spiro atoms. The lowest BCUT2D eigenvalue weighted by Crippen LogP contribution is -2.41. The standard InChI is InChI=1S/C18H17BrO2/c19-15-9-7-13(8-10-15)12-18(17(20)21)11-3-5-14-4-1-2-6-16(14)18/h1-2,4,6-10H,3,5,11-12H2,(H,20,21). The van der Waals surface area contributed by atoms with E-state index in [9.17, 15) is 9.90 Å². The van der Waals surface area contributed by atoms with E-state index >= 15 is 0 Å². The predicted octanol–water partition coefficient (Wildman–Crippen LogP) is 4.35. The molecule has 3 rings (SSSR count). The molecule has 21 heavy (non-hydrogen) atoms. The first kappa shape index (κ1) is 14.3. The molecule has 1 unspecified atom stereocenters. The van der Waals surface area contributed by atoms with Crippen molar-refractivity contribution in [2.45, 2.75) is 31.1 Å². The first-order valence-electron chi connectivity index (χ1n) is 7.18. The van der Waals surface area contributed by atoms with Gasteiger partial charge in [0.15, 0.2) is 0 Å². The summed E-state index contributed by atoms with van der Waals surface area (Å²) < 4.78 is 1.01. The minimum Gasteiger partial charge on any atom is -0.481 e. The van der Waals surface area contributed by atoms with Crippen LogP contribution in [0.1, 0.15) is 29.5 Å². The van der Waals surface area contributed by atoms with Crippen molar-refractivity contribution in [1.82, 2.24) is 0 Å². The van der Waals surface area contributed by atoms with Crippen LogP contribution < -0.4 is 0 Å². The Hall–Kier alpha value is -1.61. The number of benzene rings is 2. The Labute approximate surface area is 132 Å². The van der Waals surface area contributed by atoms with Crippen molar-refractivity contribution >= 4 is 21.9 Å². The lowest BCUT2D eigenvalue weighted by Gasteiger charge is -2.35. The highest BCUT2D eigenvalue weighted by atomic mass is 79.9. The van der Waals surface area contributed by atoms with Crippen LogP contribution in [0.5, 0.6) is 0 Å². The second-order valence-electron chi connectivity index (χ2n) is 5.70. The number of halogens is 1. The fourth-order valence-electron chi connectivity index (χ4n) is 3.35. The number of carboxylic acids is 1. The van der Waals surface area contributed by atoms with Crippen LogP contribution in [-0.2, 0) is 23.1 Å². The number of carbonyl (C=O) groups is 1. The normalized spacial score (nSPS) is 20.8. The summed E-state index contributed by atoms with van der Waals surface area (Å²) in [4.78, 5) is 12.1. The van der Waals surface area contributed by atoms with Gasteiger partial charge in [-0.15, -0.1) is 0 Å². The van der Waals surface area contributed by atoms with E-state index < -0.39 is 11.4 Å². The lowest BCUT2D eigenvalue weighted by atomic mass is 9.67. The quantitative estimate of drug-likeness (QED) is 0.898. The van der Waals surface area contributed by atoms with Gasteiger partial charge < -0.3 is 5.11 Å². The Morgan fingerprint density at radius 1 is 1.14 bits per heavy atom. The van der Waals surface area contributed by atoms with Crippen molar-refractivity contribution < 1.29 is 9.90 Å². The number of fused-ring (bicyclic) bond motifs is 1. The molecule has 1 atom stereocenters. The molecular weight excluding hydrogens is 328 g/mol. The van der Waals surface area contributed by atoms with Gasteiger partial charge in [0.2, 0.25) is 0 Å². The number of carboxylic acid groups (broad SMARTS) is 1. The number of hydrogen-bond acceptors (Lipinski definition) is 1. The van der Waals surface area contributed by atoms with Gasteiger partial charge in [-0.1, -0.05) is 52.3 Å². The molecule has 2 aromatic carbocycles. The highest BCUT2D eigenvalue weighted by Crippen LogP contribution is 2.40. The molecule has 1 N–H and O–H groups in total. The first-order valence-corrected chi connectivity index (χ1v) is 7.97. The van der Waals surface area contributed by atoms with Gasteiger partial charge in [-0.25, -0.2) is 0 Å². The number of aliphatic carboxylic acids is 1. The van der Waals surface area contributed by atoms with E-state index in [0.29, 0.717) is 12.8 Å². The number of rotatable bonds is 3. The van der Waals surface area contributed by atoms with Crippen molar-refractivity contribution in [3.05, 3.63) is 69.7 Å². The summed E-state index contributed by atoms with van der Waals surface area (Å²) in [7, 11) is 0. The van der Waals surface area contributed by atoms with E-state index in [1.54, 1.807) is 0 Å². The van der Waals surface area contributed by atoms with Crippen molar-refractivity contribution in [2.24, 2.45) is 0 Å². The van der Waals surface area contributed by atoms with Crippen molar-refractivity contribution in [3.63, 3.8) is 0 Å². The zero-order chi connectivity index (χ0) is 14.9. The van der Waals surface area contributed by atoms with E-state index in [1.165, 1.54) is 5.56 Å². The smallest absolute Gasteiger partial charge is 0.314 e. The van der Waals surface area contributed by atoms with E-state index in [0.717, 1.165) is 28.4 Å². The minimum atomic E-state index is -0.789. The maximum atomic E-state index is 12.1. The van der Waals surface area contributed by atoms with Crippen LogP contribution in [0, 0.1) is 0 Å². The third kappa shape index (κ3) is 2.62. The third-order valence-electron chi connectivity index (χ3n) is 4.41. The molecule has 0 bridgehead atoms. The van der Waals surface area contributed by atoms with Crippen molar-refractivity contribution in [1.29, 1.82) is 0 Å². The molecule has 0 saturated carbocycles. The molecule has 2 aromatic rings. The molecule has 0 radical (unpaired) electrons. The van der Waals surface area contributed by atoms with E-state index in [-0.39, 0.29) is 0 Å². The van der Waals surface area contributed by atoms with Gasteiger partial charge in [0.25, 0.3) is 0 Å². The van der Waals surface area contributed by atoms with Gasteiger partial charge in [0.1, 0.15) is 0 Å². The topological polar surface area (TPSA) is 37.3 Å². The second-order valence-corrected chi connectivity index (χ2v) is 6.62. The van der Waals surface area contributed by atoms with Crippen LogP contribution in [-0.4, -0.2) is 11.1 Å². The fraction of sp³-hybridized carbons (Fsp3) is 0.278. The first-order chi connectivity index (χ1) is 10.1. The maximum Gasteiger partial charge on any atom is 0.314 e. The molecule has 0 aliphatic heterocycles. The maximum absolute atomic E-state index is 12.1. The molecular formula is C18H17BrO2. The Bertz CT molecular complexity index is 663. The Kier molecular flexibility index (Phi) is 3.85.